The van der Waals surface area contributed by atoms with E-state index in [1.165, 1.54) is 4.90 Å². The number of benzene rings is 2. The summed E-state index contributed by atoms with van der Waals surface area (Å²) in [6.07, 6.45) is 0. The number of methoxy groups -OCH3 is 4. The van der Waals surface area contributed by atoms with Gasteiger partial charge >= 0.3 is 0 Å². The third-order valence-electron chi connectivity index (χ3n) is 5.28. The van der Waals surface area contributed by atoms with E-state index in [-0.39, 0.29) is 5.91 Å². The largest absolute Gasteiger partial charge is 0.497 e. The molecule has 0 bridgehead atoms. The number of piperazine rings is 1. The molecule has 1 aliphatic rings. The van der Waals surface area contributed by atoms with Crippen LogP contribution in [0.25, 0.3) is 0 Å². The molecule has 3 rings (SSSR count). The van der Waals surface area contributed by atoms with E-state index in [1.807, 2.05) is 23.1 Å². The number of carbonyl (C=O) groups excluding carboxylic acids is 1. The minimum Gasteiger partial charge on any atom is -0.497 e. The van der Waals surface area contributed by atoms with Crippen molar-refractivity contribution in [3.63, 3.8) is 0 Å². The normalized spacial score (nSPS) is 14.4. The fraction of sp³-hybridized carbons (Fsp3) is 0.409. The molecule has 29 heavy (non-hydrogen) atoms. The van der Waals surface area contributed by atoms with Crippen molar-refractivity contribution in [3.8, 4) is 23.0 Å². The van der Waals surface area contributed by atoms with Gasteiger partial charge in [-0.25, -0.2) is 0 Å². The fourth-order valence-electron chi connectivity index (χ4n) is 3.61. The molecule has 1 fully saturated rings. The van der Waals surface area contributed by atoms with Crippen LogP contribution in [-0.4, -0.2) is 65.4 Å². The second-order valence-electron chi connectivity index (χ2n) is 7.00. The second kappa shape index (κ2) is 9.52. The fourth-order valence-corrected chi connectivity index (χ4v) is 3.61. The molecule has 1 aliphatic heterocycles. The summed E-state index contributed by atoms with van der Waals surface area (Å²) in [7, 11) is 6.51. The number of rotatable bonds is 7. The van der Waals surface area contributed by atoms with E-state index in [2.05, 4.69) is 0 Å². The Morgan fingerprint density at radius 3 is 2.03 bits per heavy atom. The summed E-state index contributed by atoms with van der Waals surface area (Å²) in [6, 6.07) is 11.1. The summed E-state index contributed by atoms with van der Waals surface area (Å²) in [5, 5.41) is 0. The number of hydrogen-bond donors (Lipinski definition) is 1. The van der Waals surface area contributed by atoms with Gasteiger partial charge in [0.1, 0.15) is 29.5 Å². The molecule has 2 aromatic rings. The maximum atomic E-state index is 13.0. The van der Waals surface area contributed by atoms with Crippen LogP contribution in [0.3, 0.4) is 0 Å². The molecule has 0 atom stereocenters. The van der Waals surface area contributed by atoms with E-state index in [9.17, 15) is 4.79 Å². The summed E-state index contributed by atoms with van der Waals surface area (Å²) in [6.45, 7) is 3.95. The van der Waals surface area contributed by atoms with Crippen molar-refractivity contribution in [1.29, 1.82) is 0 Å². The van der Waals surface area contributed by atoms with Crippen molar-refractivity contribution < 1.29 is 28.6 Å². The number of ether oxygens (including phenoxy) is 4. The van der Waals surface area contributed by atoms with Gasteiger partial charge in [-0.05, 0) is 30.3 Å². The SMILES string of the molecule is COc1cc(OC)cc(C(=O)N2CC[NH+](Cc3cc(OC)ccc3OC)CC2)c1. The van der Waals surface area contributed by atoms with Gasteiger partial charge in [-0.1, -0.05) is 0 Å². The molecule has 0 unspecified atom stereocenters. The molecule has 1 saturated heterocycles. The lowest BCUT2D eigenvalue weighted by molar-refractivity contribution is -0.917. The van der Waals surface area contributed by atoms with Crippen LogP contribution in [0.5, 0.6) is 23.0 Å². The number of amides is 1. The maximum Gasteiger partial charge on any atom is 0.254 e. The Kier molecular flexibility index (Phi) is 6.82. The first-order valence-corrected chi connectivity index (χ1v) is 9.64. The van der Waals surface area contributed by atoms with Crippen LogP contribution >= 0.6 is 0 Å². The van der Waals surface area contributed by atoms with Crippen LogP contribution in [0.15, 0.2) is 36.4 Å². The topological polar surface area (TPSA) is 61.7 Å². The summed E-state index contributed by atoms with van der Waals surface area (Å²) in [5.41, 5.74) is 1.69. The van der Waals surface area contributed by atoms with E-state index in [4.69, 9.17) is 18.9 Å². The molecular formula is C22H29N2O5+. The molecule has 1 amide bonds. The Morgan fingerprint density at radius 2 is 1.48 bits per heavy atom. The smallest absolute Gasteiger partial charge is 0.254 e. The Morgan fingerprint density at radius 1 is 0.862 bits per heavy atom. The van der Waals surface area contributed by atoms with Crippen molar-refractivity contribution >= 4 is 5.91 Å². The number of nitrogens with zero attached hydrogens (tertiary/aromatic N) is 1. The van der Waals surface area contributed by atoms with Crippen molar-refractivity contribution in [3.05, 3.63) is 47.5 Å². The van der Waals surface area contributed by atoms with E-state index in [0.29, 0.717) is 30.2 Å². The zero-order valence-electron chi connectivity index (χ0n) is 17.5. The second-order valence-corrected chi connectivity index (χ2v) is 7.00. The van der Waals surface area contributed by atoms with Crippen molar-refractivity contribution in [2.24, 2.45) is 0 Å². The molecule has 0 saturated carbocycles. The highest BCUT2D eigenvalue weighted by atomic mass is 16.5. The van der Waals surface area contributed by atoms with Gasteiger partial charge in [0.15, 0.2) is 0 Å². The maximum absolute atomic E-state index is 13.0. The first kappa shape index (κ1) is 20.8. The molecule has 7 heteroatoms. The number of nitrogens with one attached hydrogen (secondary N) is 1. The first-order chi connectivity index (χ1) is 14.1. The lowest BCUT2D eigenvalue weighted by Crippen LogP contribution is -3.13. The summed E-state index contributed by atoms with van der Waals surface area (Å²) in [4.78, 5) is 16.2. The molecule has 156 valence electrons. The molecule has 0 aromatic heterocycles. The van der Waals surface area contributed by atoms with E-state index in [1.54, 1.807) is 46.6 Å². The van der Waals surface area contributed by atoms with Crippen LogP contribution in [0.1, 0.15) is 15.9 Å². The zero-order valence-corrected chi connectivity index (χ0v) is 17.5. The standard InChI is InChI=1S/C22H28N2O5/c1-26-18-5-6-21(29-4)17(13-18)15-23-7-9-24(10-8-23)22(25)16-11-19(27-2)14-20(12-16)28-3/h5-6,11-14H,7-10,15H2,1-4H3/p+1. The highest BCUT2D eigenvalue weighted by Crippen LogP contribution is 2.24. The van der Waals surface area contributed by atoms with E-state index < -0.39 is 0 Å². The van der Waals surface area contributed by atoms with Crippen molar-refractivity contribution in [1.82, 2.24) is 4.90 Å². The molecule has 0 spiro atoms. The third-order valence-corrected chi connectivity index (χ3v) is 5.28. The van der Waals surface area contributed by atoms with Gasteiger partial charge in [0, 0.05) is 11.6 Å². The summed E-state index contributed by atoms with van der Waals surface area (Å²) in [5.74, 6) is 2.91. The van der Waals surface area contributed by atoms with Crippen LogP contribution in [0.4, 0.5) is 0 Å². The monoisotopic (exact) mass is 401 g/mol. The molecule has 1 N–H and O–H groups in total. The first-order valence-electron chi connectivity index (χ1n) is 9.64. The molecule has 7 nitrogen and oxygen atoms in total. The minimum absolute atomic E-state index is 0.000195. The summed E-state index contributed by atoms with van der Waals surface area (Å²) < 4.78 is 21.4. The molecular weight excluding hydrogens is 372 g/mol. The van der Waals surface area contributed by atoms with Gasteiger partial charge in [-0.2, -0.15) is 0 Å². The van der Waals surface area contributed by atoms with Crippen molar-refractivity contribution in [2.75, 3.05) is 54.6 Å². The average Bonchev–Trinajstić information content (AvgIpc) is 2.78. The molecule has 0 aliphatic carbocycles. The van der Waals surface area contributed by atoms with E-state index >= 15 is 0 Å². The van der Waals surface area contributed by atoms with Gasteiger partial charge < -0.3 is 28.7 Å². The Hall–Kier alpha value is -2.93. The third kappa shape index (κ3) is 4.92. The highest BCUT2D eigenvalue weighted by Gasteiger charge is 2.26. The van der Waals surface area contributed by atoms with E-state index in [0.717, 1.165) is 36.7 Å². The zero-order chi connectivity index (χ0) is 20.8. The Balaban J connectivity index is 1.64. The lowest BCUT2D eigenvalue weighted by Gasteiger charge is -2.32. The quantitative estimate of drug-likeness (QED) is 0.757. The number of carbonyl (C=O) groups is 1. The Bertz CT molecular complexity index is 825. The highest BCUT2D eigenvalue weighted by molar-refractivity contribution is 5.95. The average molecular weight is 401 g/mol. The minimum atomic E-state index is 0.000195. The lowest BCUT2D eigenvalue weighted by atomic mass is 10.1. The van der Waals surface area contributed by atoms with Crippen molar-refractivity contribution in [2.45, 2.75) is 6.54 Å². The Labute approximate surface area is 171 Å². The number of hydrogen-bond acceptors (Lipinski definition) is 5. The predicted molar refractivity (Wildman–Crippen MR) is 109 cm³/mol. The van der Waals surface area contributed by atoms with Gasteiger partial charge in [0.25, 0.3) is 5.91 Å². The van der Waals surface area contributed by atoms with Gasteiger partial charge in [0.05, 0.1) is 60.2 Å². The molecule has 2 aromatic carbocycles. The van der Waals surface area contributed by atoms with Crippen LogP contribution in [0.2, 0.25) is 0 Å². The van der Waals surface area contributed by atoms with Gasteiger partial charge in [-0.3, -0.25) is 4.79 Å². The van der Waals surface area contributed by atoms with Gasteiger partial charge in [-0.15, -0.1) is 0 Å². The van der Waals surface area contributed by atoms with Crippen LogP contribution < -0.4 is 23.8 Å². The van der Waals surface area contributed by atoms with Crippen LogP contribution in [0, 0.1) is 0 Å². The molecule has 1 heterocycles. The number of quaternary nitrogens is 1. The molecule has 0 radical (unpaired) electrons. The van der Waals surface area contributed by atoms with Crippen LogP contribution in [-0.2, 0) is 6.54 Å². The predicted octanol–water partition coefficient (Wildman–Crippen LogP) is 1.26. The summed E-state index contributed by atoms with van der Waals surface area (Å²) >= 11 is 0. The van der Waals surface area contributed by atoms with Gasteiger partial charge in [0.2, 0.25) is 0 Å².